The summed E-state index contributed by atoms with van der Waals surface area (Å²) in [6.07, 6.45) is -0.728. The number of anilines is 1. The van der Waals surface area contributed by atoms with Crippen molar-refractivity contribution < 1.29 is 18.0 Å². The number of hydrogen-bond acceptors (Lipinski definition) is 6. The second-order valence-electron chi connectivity index (χ2n) is 6.29. The Morgan fingerprint density at radius 3 is 2.57 bits per heavy atom. The zero-order chi connectivity index (χ0) is 21.3. The van der Waals surface area contributed by atoms with E-state index in [-0.39, 0.29) is 29.1 Å². The molecular formula is C19H15F3N6O2. The highest BCUT2D eigenvalue weighted by Crippen LogP contribution is 2.36. The molecular weight excluding hydrogens is 401 g/mol. The first-order chi connectivity index (χ1) is 14.4. The molecule has 8 nitrogen and oxygen atoms in total. The number of nitrogen functional groups attached to an aromatic ring is 1. The molecule has 0 bridgehead atoms. The van der Waals surface area contributed by atoms with Crippen molar-refractivity contribution in [1.82, 2.24) is 19.3 Å². The Bertz CT molecular complexity index is 1240. The first kappa shape index (κ1) is 19.5. The maximum Gasteiger partial charge on any atom is 0.418 e. The Kier molecular flexibility index (Phi) is 4.88. The van der Waals surface area contributed by atoms with Crippen LogP contribution < -0.4 is 21.7 Å². The molecule has 0 atom stereocenters. The van der Waals surface area contributed by atoms with Gasteiger partial charge in [0.05, 0.1) is 23.1 Å². The quantitative estimate of drug-likeness (QED) is 0.383. The van der Waals surface area contributed by atoms with Gasteiger partial charge >= 0.3 is 11.7 Å². The molecule has 4 aromatic rings. The topological polar surface area (TPSA) is 100.0 Å². The van der Waals surface area contributed by atoms with Crippen molar-refractivity contribution in [2.75, 3.05) is 5.43 Å². The van der Waals surface area contributed by atoms with Crippen LogP contribution in [0.1, 0.15) is 11.1 Å². The lowest BCUT2D eigenvalue weighted by Gasteiger charge is -2.18. The molecule has 0 aliphatic carbocycles. The maximum absolute atomic E-state index is 13.8. The van der Waals surface area contributed by atoms with E-state index in [2.05, 4.69) is 15.4 Å². The van der Waals surface area contributed by atoms with Gasteiger partial charge in [-0.05, 0) is 17.7 Å². The van der Waals surface area contributed by atoms with Crippen LogP contribution in [-0.4, -0.2) is 19.3 Å². The van der Waals surface area contributed by atoms with Crippen molar-refractivity contribution >= 4 is 16.9 Å². The van der Waals surface area contributed by atoms with Crippen LogP contribution in [0.2, 0.25) is 0 Å². The average molecular weight is 416 g/mol. The summed E-state index contributed by atoms with van der Waals surface area (Å²) in [7, 11) is 0. The third kappa shape index (κ3) is 3.57. The number of fused-ring (bicyclic) bond motifs is 1. The highest BCUT2D eigenvalue weighted by Gasteiger charge is 2.35. The minimum Gasteiger partial charge on any atom is -0.405 e. The number of nitrogens with two attached hydrogens (primary N) is 1. The highest BCUT2D eigenvalue weighted by molar-refractivity contribution is 5.80. The Hall–Kier alpha value is -3.86. The molecule has 30 heavy (non-hydrogen) atoms. The standard InChI is InChI=1S/C19H15F3N6O2/c20-19(21,22)13-8-16-14(9-15(13)27-7-6-24-11-27)25-17(26-23)18(29)28(16)30-10-12-4-2-1-3-5-12/h1-9,11H,10,23H2,(H,25,26). The van der Waals surface area contributed by atoms with E-state index < -0.39 is 17.3 Å². The number of alkyl halides is 3. The number of nitrogens with one attached hydrogen (secondary N) is 1. The molecule has 0 aliphatic heterocycles. The largest absolute Gasteiger partial charge is 0.418 e. The Morgan fingerprint density at radius 2 is 1.93 bits per heavy atom. The minimum absolute atomic E-state index is 0.0471. The minimum atomic E-state index is -4.70. The highest BCUT2D eigenvalue weighted by atomic mass is 19.4. The van der Waals surface area contributed by atoms with E-state index in [1.807, 2.05) is 0 Å². The van der Waals surface area contributed by atoms with Crippen molar-refractivity contribution in [3.05, 3.63) is 82.7 Å². The van der Waals surface area contributed by atoms with E-state index >= 15 is 0 Å². The van der Waals surface area contributed by atoms with Crippen LogP contribution in [-0.2, 0) is 12.8 Å². The molecule has 3 N–H and O–H groups in total. The lowest BCUT2D eigenvalue weighted by Crippen LogP contribution is -2.32. The van der Waals surface area contributed by atoms with Gasteiger partial charge in [-0.1, -0.05) is 30.3 Å². The zero-order valence-electron chi connectivity index (χ0n) is 15.3. The molecule has 0 radical (unpaired) electrons. The van der Waals surface area contributed by atoms with Crippen LogP contribution in [0.25, 0.3) is 16.7 Å². The van der Waals surface area contributed by atoms with Gasteiger partial charge in [0.25, 0.3) is 0 Å². The number of aromatic nitrogens is 4. The molecule has 0 amide bonds. The number of rotatable bonds is 5. The molecule has 0 spiro atoms. The van der Waals surface area contributed by atoms with Gasteiger partial charge in [0.15, 0.2) is 0 Å². The maximum atomic E-state index is 13.8. The number of halogens is 3. The zero-order valence-corrected chi connectivity index (χ0v) is 15.3. The summed E-state index contributed by atoms with van der Waals surface area (Å²) < 4.78 is 43.3. The molecule has 0 saturated carbocycles. The Balaban J connectivity index is 1.93. The van der Waals surface area contributed by atoms with Gasteiger partial charge in [0.2, 0.25) is 5.82 Å². The first-order valence-corrected chi connectivity index (χ1v) is 8.68. The number of hydrogen-bond donors (Lipinski definition) is 2. The lowest BCUT2D eigenvalue weighted by molar-refractivity contribution is -0.137. The number of hydrazine groups is 1. The van der Waals surface area contributed by atoms with Gasteiger partial charge in [0.1, 0.15) is 12.1 Å². The smallest absolute Gasteiger partial charge is 0.405 e. The van der Waals surface area contributed by atoms with Crippen LogP contribution in [0.4, 0.5) is 19.0 Å². The van der Waals surface area contributed by atoms with Crippen LogP contribution in [0, 0.1) is 0 Å². The van der Waals surface area contributed by atoms with E-state index in [0.29, 0.717) is 0 Å². The number of imidazole rings is 1. The summed E-state index contributed by atoms with van der Waals surface area (Å²) in [5.41, 5.74) is 0.827. The number of benzene rings is 2. The fraction of sp³-hybridized carbons (Fsp3) is 0.105. The summed E-state index contributed by atoms with van der Waals surface area (Å²) >= 11 is 0. The fourth-order valence-electron chi connectivity index (χ4n) is 2.97. The van der Waals surface area contributed by atoms with Gasteiger partial charge in [-0.15, -0.1) is 4.73 Å². The number of nitrogens with zero attached hydrogens (tertiary/aromatic N) is 4. The molecule has 154 valence electrons. The van der Waals surface area contributed by atoms with Crippen molar-refractivity contribution in [2.24, 2.45) is 5.84 Å². The molecule has 2 aromatic heterocycles. The normalized spacial score (nSPS) is 11.6. The third-order valence-corrected chi connectivity index (χ3v) is 4.36. The molecule has 0 aliphatic rings. The first-order valence-electron chi connectivity index (χ1n) is 8.68. The van der Waals surface area contributed by atoms with E-state index in [4.69, 9.17) is 10.7 Å². The molecule has 0 fully saturated rings. The van der Waals surface area contributed by atoms with Crippen molar-refractivity contribution in [1.29, 1.82) is 0 Å². The van der Waals surface area contributed by atoms with Crippen LogP contribution in [0.15, 0.2) is 66.0 Å². The van der Waals surface area contributed by atoms with Gasteiger partial charge in [0, 0.05) is 12.4 Å². The monoisotopic (exact) mass is 416 g/mol. The molecule has 0 saturated heterocycles. The van der Waals surface area contributed by atoms with Crippen LogP contribution in [0.3, 0.4) is 0 Å². The Morgan fingerprint density at radius 1 is 1.17 bits per heavy atom. The van der Waals surface area contributed by atoms with Gasteiger partial charge < -0.3 is 14.8 Å². The van der Waals surface area contributed by atoms with E-state index in [1.165, 1.54) is 29.4 Å². The molecule has 2 aromatic carbocycles. The summed E-state index contributed by atoms with van der Waals surface area (Å²) in [6, 6.07) is 10.9. The van der Waals surface area contributed by atoms with E-state index in [0.717, 1.165) is 16.4 Å². The van der Waals surface area contributed by atoms with Crippen molar-refractivity contribution in [3.8, 4) is 5.69 Å². The van der Waals surface area contributed by atoms with Crippen molar-refractivity contribution in [2.45, 2.75) is 12.8 Å². The summed E-state index contributed by atoms with van der Waals surface area (Å²) in [4.78, 5) is 26.1. The predicted molar refractivity (Wildman–Crippen MR) is 103 cm³/mol. The van der Waals surface area contributed by atoms with Crippen molar-refractivity contribution in [3.63, 3.8) is 0 Å². The third-order valence-electron chi connectivity index (χ3n) is 4.36. The lowest BCUT2D eigenvalue weighted by atomic mass is 10.1. The molecule has 4 rings (SSSR count). The van der Waals surface area contributed by atoms with Crippen LogP contribution >= 0.6 is 0 Å². The average Bonchev–Trinajstić information content (AvgIpc) is 3.27. The SMILES string of the molecule is NNc1nc2cc(-n3ccnc3)c(C(F)(F)F)cc2n(OCc2ccccc2)c1=O. The summed E-state index contributed by atoms with van der Waals surface area (Å²) in [5, 5.41) is 0. The summed E-state index contributed by atoms with van der Waals surface area (Å²) in [6.45, 7) is -0.0471. The van der Waals surface area contributed by atoms with Gasteiger partial charge in [-0.25, -0.2) is 15.8 Å². The van der Waals surface area contributed by atoms with E-state index in [9.17, 15) is 18.0 Å². The van der Waals surface area contributed by atoms with E-state index in [1.54, 1.807) is 30.3 Å². The predicted octanol–water partition coefficient (Wildman–Crippen LogP) is 2.52. The second kappa shape index (κ2) is 7.52. The summed E-state index contributed by atoms with van der Waals surface area (Å²) in [5.74, 6) is 5.10. The molecule has 2 heterocycles. The Labute approximate surface area is 167 Å². The molecule has 11 heteroatoms. The van der Waals surface area contributed by atoms with Gasteiger partial charge in [-0.3, -0.25) is 4.79 Å². The second-order valence-corrected chi connectivity index (χ2v) is 6.29. The van der Waals surface area contributed by atoms with Gasteiger partial charge in [-0.2, -0.15) is 13.2 Å². The fourth-order valence-corrected chi connectivity index (χ4v) is 2.97. The molecule has 0 unspecified atom stereocenters. The van der Waals surface area contributed by atoms with Crippen LogP contribution in [0.5, 0.6) is 0 Å².